The highest BCUT2D eigenvalue weighted by Crippen LogP contribution is 2.14. The molecule has 2 unspecified atom stereocenters. The average Bonchev–Trinajstić information content (AvgIpc) is 2.62. The largest absolute Gasteiger partial charge is 0.461 e. The van der Waals surface area contributed by atoms with Crippen molar-refractivity contribution in [3.63, 3.8) is 0 Å². The SMILES string of the molecule is CCCCCCCCCCCC(CC)OC(=O)C(N)CCCN=C(N)N. The first-order valence-electron chi connectivity index (χ1n) is 10.5. The van der Waals surface area contributed by atoms with Crippen LogP contribution in [0.3, 0.4) is 0 Å². The second-order valence-electron chi connectivity index (χ2n) is 7.14. The molecule has 154 valence electrons. The van der Waals surface area contributed by atoms with Crippen molar-refractivity contribution in [1.29, 1.82) is 0 Å². The van der Waals surface area contributed by atoms with Gasteiger partial charge in [0.2, 0.25) is 0 Å². The molecule has 0 saturated carbocycles. The summed E-state index contributed by atoms with van der Waals surface area (Å²) >= 11 is 0. The van der Waals surface area contributed by atoms with E-state index in [1.807, 2.05) is 0 Å². The van der Waals surface area contributed by atoms with E-state index in [4.69, 9.17) is 21.9 Å². The van der Waals surface area contributed by atoms with Crippen LogP contribution in [0.4, 0.5) is 0 Å². The standard InChI is InChI=1S/C20H42N4O2/c1-3-5-6-7-8-9-10-11-12-14-17(4-2)26-19(25)18(21)15-13-16-24-20(22)23/h17-18H,3-16,21H2,1-2H3,(H4,22,23,24). The molecule has 0 aliphatic carbocycles. The van der Waals surface area contributed by atoms with Crippen LogP contribution in [0, 0.1) is 0 Å². The zero-order valence-electron chi connectivity index (χ0n) is 17.0. The van der Waals surface area contributed by atoms with Crippen molar-refractivity contribution in [3.8, 4) is 0 Å². The van der Waals surface area contributed by atoms with E-state index < -0.39 is 6.04 Å². The van der Waals surface area contributed by atoms with Crippen molar-refractivity contribution in [2.75, 3.05) is 6.54 Å². The number of rotatable bonds is 17. The van der Waals surface area contributed by atoms with Gasteiger partial charge in [-0.3, -0.25) is 9.79 Å². The predicted molar refractivity (Wildman–Crippen MR) is 110 cm³/mol. The number of esters is 1. The second-order valence-corrected chi connectivity index (χ2v) is 7.14. The van der Waals surface area contributed by atoms with E-state index in [0.717, 1.165) is 19.3 Å². The summed E-state index contributed by atoms with van der Waals surface area (Å²) < 4.78 is 5.56. The van der Waals surface area contributed by atoms with Crippen LogP contribution in [0.25, 0.3) is 0 Å². The van der Waals surface area contributed by atoms with Crippen molar-refractivity contribution in [1.82, 2.24) is 0 Å². The van der Waals surface area contributed by atoms with Crippen LogP contribution in [0.1, 0.15) is 97.3 Å². The molecule has 6 heteroatoms. The summed E-state index contributed by atoms with van der Waals surface area (Å²) in [7, 11) is 0. The Morgan fingerprint density at radius 2 is 1.46 bits per heavy atom. The van der Waals surface area contributed by atoms with Crippen LogP contribution in [0.5, 0.6) is 0 Å². The van der Waals surface area contributed by atoms with Gasteiger partial charge in [0.05, 0.1) is 0 Å². The number of carbonyl (C=O) groups excluding carboxylic acids is 1. The zero-order chi connectivity index (χ0) is 19.6. The molecule has 0 aromatic heterocycles. The van der Waals surface area contributed by atoms with Crippen molar-refractivity contribution in [2.45, 2.75) is 109 Å². The summed E-state index contributed by atoms with van der Waals surface area (Å²) in [4.78, 5) is 16.0. The molecule has 0 aromatic rings. The third-order valence-corrected chi connectivity index (χ3v) is 4.64. The number of hydrogen-bond donors (Lipinski definition) is 3. The van der Waals surface area contributed by atoms with E-state index in [1.165, 1.54) is 51.4 Å². The lowest BCUT2D eigenvalue weighted by atomic mass is 10.0. The van der Waals surface area contributed by atoms with E-state index in [9.17, 15) is 4.79 Å². The van der Waals surface area contributed by atoms with Gasteiger partial charge in [-0.15, -0.1) is 0 Å². The average molecular weight is 371 g/mol. The maximum atomic E-state index is 12.1. The van der Waals surface area contributed by atoms with Crippen LogP contribution in [-0.4, -0.2) is 30.6 Å². The van der Waals surface area contributed by atoms with Crippen molar-refractivity contribution < 1.29 is 9.53 Å². The number of guanidine groups is 1. The van der Waals surface area contributed by atoms with Gasteiger partial charge in [0.25, 0.3) is 0 Å². The van der Waals surface area contributed by atoms with Gasteiger partial charge in [0.1, 0.15) is 12.1 Å². The molecule has 0 bridgehead atoms. The molecule has 2 atom stereocenters. The van der Waals surface area contributed by atoms with Crippen LogP contribution >= 0.6 is 0 Å². The van der Waals surface area contributed by atoms with Crippen molar-refractivity contribution in [2.24, 2.45) is 22.2 Å². The van der Waals surface area contributed by atoms with Gasteiger partial charge in [-0.05, 0) is 32.1 Å². The first-order chi connectivity index (χ1) is 12.5. The predicted octanol–water partition coefficient (Wildman–Crippen LogP) is 3.61. The lowest BCUT2D eigenvalue weighted by molar-refractivity contribution is -0.151. The summed E-state index contributed by atoms with van der Waals surface area (Å²) in [6, 6.07) is -0.596. The molecule has 6 N–H and O–H groups in total. The number of nitrogens with two attached hydrogens (primary N) is 3. The number of ether oxygens (including phenoxy) is 1. The summed E-state index contributed by atoms with van der Waals surface area (Å²) in [5, 5.41) is 0. The summed E-state index contributed by atoms with van der Waals surface area (Å²) in [6.07, 6.45) is 14.6. The van der Waals surface area contributed by atoms with Crippen molar-refractivity contribution in [3.05, 3.63) is 0 Å². The van der Waals surface area contributed by atoms with Gasteiger partial charge in [-0.25, -0.2) is 0 Å². The smallest absolute Gasteiger partial charge is 0.323 e. The Morgan fingerprint density at radius 3 is 2.00 bits per heavy atom. The first-order valence-corrected chi connectivity index (χ1v) is 10.5. The Bertz CT molecular complexity index is 371. The highest BCUT2D eigenvalue weighted by atomic mass is 16.5. The second kappa shape index (κ2) is 17.1. The molecule has 0 amide bonds. The molecule has 0 fully saturated rings. The Morgan fingerprint density at radius 1 is 0.885 bits per heavy atom. The fraction of sp³-hybridized carbons (Fsp3) is 0.900. The molecule has 6 nitrogen and oxygen atoms in total. The number of aliphatic imine (C=N–C) groups is 1. The molecule has 0 aliphatic heterocycles. The van der Waals surface area contributed by atoms with Crippen LogP contribution in [0.2, 0.25) is 0 Å². The summed E-state index contributed by atoms with van der Waals surface area (Å²) in [6.45, 7) is 4.78. The van der Waals surface area contributed by atoms with Crippen LogP contribution < -0.4 is 17.2 Å². The normalized spacial score (nSPS) is 13.2. The molecule has 26 heavy (non-hydrogen) atoms. The molecule has 0 spiro atoms. The van der Waals surface area contributed by atoms with E-state index in [2.05, 4.69) is 18.8 Å². The molecule has 0 saturated heterocycles. The fourth-order valence-electron chi connectivity index (χ4n) is 2.92. The highest BCUT2D eigenvalue weighted by Gasteiger charge is 2.18. The van der Waals surface area contributed by atoms with E-state index in [0.29, 0.717) is 19.4 Å². The minimum absolute atomic E-state index is 0.0178. The van der Waals surface area contributed by atoms with Gasteiger partial charge >= 0.3 is 5.97 Å². The van der Waals surface area contributed by atoms with Crippen LogP contribution in [-0.2, 0) is 9.53 Å². The van der Waals surface area contributed by atoms with Gasteiger partial charge in [-0.1, -0.05) is 65.2 Å². The summed E-state index contributed by atoms with van der Waals surface area (Å²) in [5.74, 6) is -0.245. The Balaban J connectivity index is 3.76. The number of hydrogen-bond acceptors (Lipinski definition) is 4. The Hall–Kier alpha value is -1.30. The third kappa shape index (κ3) is 15.0. The maximum absolute atomic E-state index is 12.1. The van der Waals surface area contributed by atoms with E-state index in [-0.39, 0.29) is 18.0 Å². The van der Waals surface area contributed by atoms with E-state index >= 15 is 0 Å². The summed E-state index contributed by atoms with van der Waals surface area (Å²) in [5.41, 5.74) is 16.4. The number of unbranched alkanes of at least 4 members (excludes halogenated alkanes) is 8. The Labute approximate surface area is 160 Å². The molecule has 0 rings (SSSR count). The molecular weight excluding hydrogens is 328 g/mol. The zero-order valence-corrected chi connectivity index (χ0v) is 17.0. The maximum Gasteiger partial charge on any atom is 0.323 e. The fourth-order valence-corrected chi connectivity index (χ4v) is 2.92. The highest BCUT2D eigenvalue weighted by molar-refractivity contribution is 5.76. The molecule has 0 heterocycles. The minimum atomic E-state index is -0.596. The monoisotopic (exact) mass is 370 g/mol. The number of carbonyl (C=O) groups is 1. The molecule has 0 aliphatic rings. The molecular formula is C20H42N4O2. The molecule has 0 radical (unpaired) electrons. The lowest BCUT2D eigenvalue weighted by Crippen LogP contribution is -2.35. The van der Waals surface area contributed by atoms with Gasteiger partial charge in [0.15, 0.2) is 5.96 Å². The van der Waals surface area contributed by atoms with E-state index in [1.54, 1.807) is 0 Å². The van der Waals surface area contributed by atoms with Gasteiger partial charge < -0.3 is 21.9 Å². The minimum Gasteiger partial charge on any atom is -0.461 e. The molecule has 0 aromatic carbocycles. The first kappa shape index (κ1) is 24.7. The van der Waals surface area contributed by atoms with Gasteiger partial charge in [0, 0.05) is 6.54 Å². The number of nitrogens with zero attached hydrogens (tertiary/aromatic N) is 1. The third-order valence-electron chi connectivity index (χ3n) is 4.64. The Kier molecular flexibility index (Phi) is 16.3. The van der Waals surface area contributed by atoms with Gasteiger partial charge in [-0.2, -0.15) is 0 Å². The van der Waals surface area contributed by atoms with Crippen LogP contribution in [0.15, 0.2) is 4.99 Å². The lowest BCUT2D eigenvalue weighted by Gasteiger charge is -2.19. The van der Waals surface area contributed by atoms with Crippen molar-refractivity contribution >= 4 is 11.9 Å². The topological polar surface area (TPSA) is 117 Å². The quantitative estimate of drug-likeness (QED) is 0.156.